The van der Waals surface area contributed by atoms with E-state index in [-0.39, 0.29) is 12.1 Å². The van der Waals surface area contributed by atoms with E-state index in [9.17, 15) is 14.4 Å². The van der Waals surface area contributed by atoms with Gasteiger partial charge in [0.05, 0.1) is 0 Å². The maximum absolute atomic E-state index is 12.3. The summed E-state index contributed by atoms with van der Waals surface area (Å²) in [5.74, 6) is 0. The summed E-state index contributed by atoms with van der Waals surface area (Å²) in [5, 5.41) is 2.74. The normalized spacial score (nSPS) is 18.1. The van der Waals surface area contributed by atoms with Crippen molar-refractivity contribution in [2.45, 2.75) is 6.92 Å². The van der Waals surface area contributed by atoms with Crippen molar-refractivity contribution in [1.82, 2.24) is 24.9 Å². The Morgan fingerprint density at radius 1 is 1.14 bits per heavy atom. The molecule has 0 aromatic carbocycles. The Bertz CT molecular complexity index is 427. The minimum Gasteiger partial charge on any atom is -0.351 e. The number of carbonyl (C=O) groups excluding carboxylic acids is 3. The molecule has 0 aromatic heterocycles. The van der Waals surface area contributed by atoms with Crippen molar-refractivity contribution in [3.63, 3.8) is 0 Å². The standard InChI is InChI=1S/C13H24N6O3/c1-2-16(11(14)20)5-7-18-9-10-19(13(18)22)8-6-17-4-3-15-12(17)21/h2-10H2,1H3,(H2,14,20)(H,15,21). The lowest BCUT2D eigenvalue weighted by Gasteiger charge is -2.24. The molecule has 0 aromatic rings. The number of nitrogens with zero attached hydrogens (tertiary/aromatic N) is 4. The van der Waals surface area contributed by atoms with Gasteiger partial charge in [0.2, 0.25) is 0 Å². The number of primary amides is 1. The zero-order valence-corrected chi connectivity index (χ0v) is 13.0. The molecule has 9 nitrogen and oxygen atoms in total. The second kappa shape index (κ2) is 7.19. The monoisotopic (exact) mass is 312 g/mol. The predicted octanol–water partition coefficient (Wildman–Crippen LogP) is -0.850. The lowest BCUT2D eigenvalue weighted by atomic mass is 10.4. The summed E-state index contributed by atoms with van der Waals surface area (Å²) in [6.07, 6.45) is 0. The van der Waals surface area contributed by atoms with E-state index in [1.54, 1.807) is 14.7 Å². The molecule has 0 aliphatic carbocycles. The maximum Gasteiger partial charge on any atom is 0.320 e. The minimum absolute atomic E-state index is 0.0415. The molecule has 6 amide bonds. The van der Waals surface area contributed by atoms with Gasteiger partial charge in [-0.1, -0.05) is 0 Å². The zero-order valence-electron chi connectivity index (χ0n) is 13.0. The van der Waals surface area contributed by atoms with Gasteiger partial charge in [-0.15, -0.1) is 0 Å². The summed E-state index contributed by atoms with van der Waals surface area (Å²) in [7, 11) is 0. The molecule has 0 radical (unpaired) electrons. The molecule has 2 aliphatic rings. The van der Waals surface area contributed by atoms with Gasteiger partial charge < -0.3 is 30.7 Å². The predicted molar refractivity (Wildman–Crippen MR) is 80.3 cm³/mol. The van der Waals surface area contributed by atoms with Crippen LogP contribution >= 0.6 is 0 Å². The molecule has 9 heteroatoms. The van der Waals surface area contributed by atoms with E-state index in [4.69, 9.17) is 5.73 Å². The Hall–Kier alpha value is -2.19. The first kappa shape index (κ1) is 16.2. The van der Waals surface area contributed by atoms with Crippen LogP contribution in [0.2, 0.25) is 0 Å². The fourth-order valence-corrected chi connectivity index (χ4v) is 2.68. The van der Waals surface area contributed by atoms with Crippen molar-refractivity contribution < 1.29 is 14.4 Å². The lowest BCUT2D eigenvalue weighted by molar-refractivity contribution is 0.177. The van der Waals surface area contributed by atoms with E-state index < -0.39 is 6.03 Å². The third-order valence-electron chi connectivity index (χ3n) is 4.10. The van der Waals surface area contributed by atoms with Gasteiger partial charge in [0.1, 0.15) is 0 Å². The summed E-state index contributed by atoms with van der Waals surface area (Å²) >= 11 is 0. The Kier molecular flexibility index (Phi) is 5.29. The van der Waals surface area contributed by atoms with Crippen LogP contribution in [0.15, 0.2) is 0 Å². The van der Waals surface area contributed by atoms with Gasteiger partial charge >= 0.3 is 18.1 Å². The van der Waals surface area contributed by atoms with E-state index in [1.165, 1.54) is 4.90 Å². The van der Waals surface area contributed by atoms with Crippen molar-refractivity contribution in [3.8, 4) is 0 Å². The largest absolute Gasteiger partial charge is 0.351 e. The first-order chi connectivity index (χ1) is 10.5. The lowest BCUT2D eigenvalue weighted by Crippen LogP contribution is -2.43. The number of carbonyl (C=O) groups is 3. The number of nitrogens with two attached hydrogens (primary N) is 1. The van der Waals surface area contributed by atoms with Crippen LogP contribution < -0.4 is 11.1 Å². The van der Waals surface area contributed by atoms with Crippen molar-refractivity contribution in [1.29, 1.82) is 0 Å². The van der Waals surface area contributed by atoms with E-state index in [2.05, 4.69) is 5.32 Å². The van der Waals surface area contributed by atoms with E-state index in [0.717, 1.165) is 0 Å². The molecule has 0 atom stereocenters. The van der Waals surface area contributed by atoms with Crippen LogP contribution in [0.3, 0.4) is 0 Å². The second-order valence-electron chi connectivity index (χ2n) is 5.39. The minimum atomic E-state index is -0.467. The average Bonchev–Trinajstić information content (AvgIpc) is 3.04. The molecule has 2 aliphatic heterocycles. The number of urea groups is 3. The van der Waals surface area contributed by atoms with Crippen molar-refractivity contribution in [2.24, 2.45) is 5.73 Å². The SMILES string of the molecule is CCN(CCN1CCN(CCN2CCNC2=O)C1=O)C(N)=O. The molecule has 124 valence electrons. The van der Waals surface area contributed by atoms with Gasteiger partial charge in [0.15, 0.2) is 0 Å². The summed E-state index contributed by atoms with van der Waals surface area (Å²) in [4.78, 5) is 41.5. The van der Waals surface area contributed by atoms with Gasteiger partial charge in [-0.05, 0) is 6.92 Å². The van der Waals surface area contributed by atoms with E-state index >= 15 is 0 Å². The van der Waals surface area contributed by atoms with E-state index in [0.29, 0.717) is 58.9 Å². The summed E-state index contributed by atoms with van der Waals surface area (Å²) < 4.78 is 0. The Morgan fingerprint density at radius 3 is 2.32 bits per heavy atom. The van der Waals surface area contributed by atoms with Gasteiger partial charge in [0.25, 0.3) is 0 Å². The van der Waals surface area contributed by atoms with Crippen LogP contribution in [-0.2, 0) is 0 Å². The topological polar surface area (TPSA) is 102 Å². The Labute approximate surface area is 130 Å². The number of nitrogens with one attached hydrogen (secondary N) is 1. The van der Waals surface area contributed by atoms with Gasteiger partial charge in [-0.25, -0.2) is 14.4 Å². The highest BCUT2D eigenvalue weighted by Crippen LogP contribution is 2.09. The molecule has 2 saturated heterocycles. The molecular weight excluding hydrogens is 288 g/mol. The average molecular weight is 312 g/mol. The van der Waals surface area contributed by atoms with Gasteiger partial charge in [-0.2, -0.15) is 0 Å². The fraction of sp³-hybridized carbons (Fsp3) is 0.769. The maximum atomic E-state index is 12.3. The van der Waals surface area contributed by atoms with Crippen molar-refractivity contribution >= 4 is 18.1 Å². The molecule has 0 saturated carbocycles. The van der Waals surface area contributed by atoms with Gasteiger partial charge in [-0.3, -0.25) is 0 Å². The molecule has 2 rings (SSSR count). The number of rotatable bonds is 7. The van der Waals surface area contributed by atoms with Crippen LogP contribution in [0.5, 0.6) is 0 Å². The number of amides is 6. The number of likely N-dealkylation sites (N-methyl/N-ethyl adjacent to an activating group) is 1. The molecule has 0 spiro atoms. The highest BCUT2D eigenvalue weighted by Gasteiger charge is 2.29. The second-order valence-corrected chi connectivity index (χ2v) is 5.39. The molecule has 0 unspecified atom stereocenters. The van der Waals surface area contributed by atoms with Crippen molar-refractivity contribution in [2.75, 3.05) is 58.9 Å². The van der Waals surface area contributed by atoms with Crippen LogP contribution in [0.4, 0.5) is 14.4 Å². The molecule has 2 fully saturated rings. The van der Waals surface area contributed by atoms with Crippen LogP contribution in [-0.4, -0.2) is 96.6 Å². The summed E-state index contributed by atoms with van der Waals surface area (Å²) in [6.45, 7) is 7.04. The van der Waals surface area contributed by atoms with Gasteiger partial charge in [0, 0.05) is 58.9 Å². The fourth-order valence-electron chi connectivity index (χ4n) is 2.68. The van der Waals surface area contributed by atoms with Crippen LogP contribution in [0, 0.1) is 0 Å². The third-order valence-corrected chi connectivity index (χ3v) is 4.10. The van der Waals surface area contributed by atoms with Crippen LogP contribution in [0.25, 0.3) is 0 Å². The first-order valence-corrected chi connectivity index (χ1v) is 7.64. The smallest absolute Gasteiger partial charge is 0.320 e. The zero-order chi connectivity index (χ0) is 16.1. The van der Waals surface area contributed by atoms with Crippen LogP contribution in [0.1, 0.15) is 6.92 Å². The Morgan fingerprint density at radius 2 is 1.77 bits per heavy atom. The highest BCUT2D eigenvalue weighted by atomic mass is 16.2. The number of hydrogen-bond acceptors (Lipinski definition) is 3. The summed E-state index contributed by atoms with van der Waals surface area (Å²) in [5.41, 5.74) is 5.25. The molecule has 22 heavy (non-hydrogen) atoms. The quantitative estimate of drug-likeness (QED) is 0.640. The summed E-state index contributed by atoms with van der Waals surface area (Å²) in [6, 6.07) is -0.574. The third kappa shape index (κ3) is 3.71. The van der Waals surface area contributed by atoms with E-state index in [1.807, 2.05) is 6.92 Å². The van der Waals surface area contributed by atoms with Crippen molar-refractivity contribution in [3.05, 3.63) is 0 Å². The number of hydrogen-bond donors (Lipinski definition) is 2. The molecule has 2 heterocycles. The Balaban J connectivity index is 1.74. The highest BCUT2D eigenvalue weighted by molar-refractivity contribution is 5.78. The molecular formula is C13H24N6O3. The first-order valence-electron chi connectivity index (χ1n) is 7.64. The molecule has 3 N–H and O–H groups in total. The molecule has 0 bridgehead atoms.